The number of carbonyl (C=O) groups is 2. The van der Waals surface area contributed by atoms with Gasteiger partial charge in [-0.25, -0.2) is 0 Å². The molecular formula is C17H20F3NO3. The number of alkyl halides is 3. The second-order valence-corrected chi connectivity index (χ2v) is 5.98. The van der Waals surface area contributed by atoms with Crippen LogP contribution in [0, 0.1) is 5.92 Å². The summed E-state index contributed by atoms with van der Waals surface area (Å²) >= 11 is 0. The molecule has 1 aliphatic carbocycles. The van der Waals surface area contributed by atoms with Gasteiger partial charge in [-0.1, -0.05) is 19.3 Å². The van der Waals surface area contributed by atoms with Crippen molar-refractivity contribution in [1.82, 2.24) is 0 Å². The maximum Gasteiger partial charge on any atom is 0.416 e. The average molecular weight is 343 g/mol. The van der Waals surface area contributed by atoms with E-state index in [1.165, 1.54) is 6.92 Å². The summed E-state index contributed by atoms with van der Waals surface area (Å²) in [6.45, 7) is 1.44. The second kappa shape index (κ2) is 7.68. The third-order valence-corrected chi connectivity index (χ3v) is 4.08. The van der Waals surface area contributed by atoms with Gasteiger partial charge in [-0.2, -0.15) is 13.2 Å². The van der Waals surface area contributed by atoms with Crippen molar-refractivity contribution >= 4 is 17.6 Å². The summed E-state index contributed by atoms with van der Waals surface area (Å²) in [5.74, 6) is -1.12. The van der Waals surface area contributed by atoms with Gasteiger partial charge >= 0.3 is 12.1 Å². The van der Waals surface area contributed by atoms with Crippen molar-refractivity contribution in [2.45, 2.75) is 51.3 Å². The summed E-state index contributed by atoms with van der Waals surface area (Å²) < 4.78 is 42.6. The highest BCUT2D eigenvalue weighted by atomic mass is 19.4. The highest BCUT2D eigenvalue weighted by Crippen LogP contribution is 2.30. The monoisotopic (exact) mass is 343 g/mol. The summed E-state index contributed by atoms with van der Waals surface area (Å²) in [4.78, 5) is 24.0. The van der Waals surface area contributed by atoms with Crippen LogP contribution < -0.4 is 5.32 Å². The molecule has 0 aromatic heterocycles. The van der Waals surface area contributed by atoms with E-state index in [1.807, 2.05) is 0 Å². The molecule has 0 saturated heterocycles. The first-order valence-corrected chi connectivity index (χ1v) is 7.96. The Bertz CT molecular complexity index is 578. The van der Waals surface area contributed by atoms with Crippen LogP contribution in [0.5, 0.6) is 0 Å². The predicted molar refractivity (Wildman–Crippen MR) is 82.2 cm³/mol. The molecule has 1 N–H and O–H groups in total. The number of ether oxygens (including phenoxy) is 1. The van der Waals surface area contributed by atoms with E-state index in [2.05, 4.69) is 5.32 Å². The molecule has 24 heavy (non-hydrogen) atoms. The summed E-state index contributed by atoms with van der Waals surface area (Å²) in [5, 5.41) is 2.45. The number of amides is 1. The third-order valence-electron chi connectivity index (χ3n) is 4.08. The molecule has 1 aromatic rings. The Balaban J connectivity index is 1.88. The van der Waals surface area contributed by atoms with Gasteiger partial charge < -0.3 is 10.1 Å². The fourth-order valence-electron chi connectivity index (χ4n) is 2.65. The molecule has 0 spiro atoms. The molecule has 1 unspecified atom stereocenters. The van der Waals surface area contributed by atoms with Crippen LogP contribution in [0.4, 0.5) is 18.9 Å². The molecule has 2 rings (SSSR count). The molecule has 0 aliphatic heterocycles. The van der Waals surface area contributed by atoms with E-state index < -0.39 is 23.8 Å². The molecule has 1 saturated carbocycles. The highest BCUT2D eigenvalue weighted by Gasteiger charge is 2.30. The Hall–Kier alpha value is -2.05. The van der Waals surface area contributed by atoms with Gasteiger partial charge in [-0.3, -0.25) is 9.59 Å². The number of rotatable bonds is 4. The molecule has 1 fully saturated rings. The number of carbonyl (C=O) groups excluding carboxylic acids is 2. The van der Waals surface area contributed by atoms with Gasteiger partial charge in [-0.05, 0) is 44.0 Å². The Labute approximate surface area is 138 Å². The number of hydrogen-bond donors (Lipinski definition) is 1. The fourth-order valence-corrected chi connectivity index (χ4v) is 2.65. The summed E-state index contributed by atoms with van der Waals surface area (Å²) in [6, 6.07) is 4.09. The van der Waals surface area contributed by atoms with Crippen molar-refractivity contribution in [1.29, 1.82) is 0 Å². The van der Waals surface area contributed by atoms with E-state index in [0.717, 1.165) is 56.4 Å². The first-order valence-electron chi connectivity index (χ1n) is 7.96. The van der Waals surface area contributed by atoms with Gasteiger partial charge in [0.2, 0.25) is 0 Å². The minimum atomic E-state index is -4.43. The second-order valence-electron chi connectivity index (χ2n) is 5.98. The Morgan fingerprint density at radius 1 is 1.12 bits per heavy atom. The van der Waals surface area contributed by atoms with Crippen LogP contribution in [-0.4, -0.2) is 18.0 Å². The van der Waals surface area contributed by atoms with Crippen molar-refractivity contribution in [3.8, 4) is 0 Å². The maximum atomic E-state index is 12.5. The standard InChI is InChI=1S/C17H20F3NO3/c1-11(24-16(23)12-5-3-2-4-6-12)15(22)21-14-9-7-13(8-10-14)17(18,19)20/h7-12H,2-6H2,1H3,(H,21,22). The van der Waals surface area contributed by atoms with Crippen LogP contribution in [0.15, 0.2) is 24.3 Å². The molecule has 1 aliphatic rings. The lowest BCUT2D eigenvalue weighted by Gasteiger charge is -2.22. The van der Waals surface area contributed by atoms with Gasteiger partial charge in [0.15, 0.2) is 6.10 Å². The molecule has 132 valence electrons. The van der Waals surface area contributed by atoms with Gasteiger partial charge in [0.25, 0.3) is 5.91 Å². The van der Waals surface area contributed by atoms with Crippen LogP contribution in [0.3, 0.4) is 0 Å². The molecule has 0 radical (unpaired) electrons. The van der Waals surface area contributed by atoms with Crippen molar-refractivity contribution in [2.75, 3.05) is 5.32 Å². The summed E-state index contributed by atoms with van der Waals surface area (Å²) in [7, 11) is 0. The topological polar surface area (TPSA) is 55.4 Å². The van der Waals surface area contributed by atoms with Crippen LogP contribution >= 0.6 is 0 Å². The number of benzene rings is 1. The van der Waals surface area contributed by atoms with Crippen molar-refractivity contribution in [2.24, 2.45) is 5.92 Å². The zero-order chi connectivity index (χ0) is 17.7. The van der Waals surface area contributed by atoms with E-state index in [-0.39, 0.29) is 17.6 Å². The van der Waals surface area contributed by atoms with Crippen molar-refractivity contribution in [3.63, 3.8) is 0 Å². The van der Waals surface area contributed by atoms with Crippen LogP contribution in [0.1, 0.15) is 44.6 Å². The molecule has 0 bridgehead atoms. The number of nitrogens with one attached hydrogen (secondary N) is 1. The first-order chi connectivity index (χ1) is 11.3. The minimum absolute atomic E-state index is 0.167. The lowest BCUT2D eigenvalue weighted by molar-refractivity contribution is -0.158. The Morgan fingerprint density at radius 3 is 2.25 bits per heavy atom. The fraction of sp³-hybridized carbons (Fsp3) is 0.529. The average Bonchev–Trinajstić information content (AvgIpc) is 2.55. The lowest BCUT2D eigenvalue weighted by atomic mass is 9.89. The van der Waals surface area contributed by atoms with Gasteiger partial charge in [0, 0.05) is 5.69 Å². The maximum absolute atomic E-state index is 12.5. The van der Waals surface area contributed by atoms with Gasteiger partial charge in [-0.15, -0.1) is 0 Å². The van der Waals surface area contributed by atoms with Crippen LogP contribution in [0.25, 0.3) is 0 Å². The normalized spacial score (nSPS) is 17.2. The van der Waals surface area contributed by atoms with E-state index in [4.69, 9.17) is 4.74 Å². The molecule has 7 heteroatoms. The Kier molecular flexibility index (Phi) is 5.85. The largest absolute Gasteiger partial charge is 0.452 e. The zero-order valence-corrected chi connectivity index (χ0v) is 13.4. The van der Waals surface area contributed by atoms with E-state index in [9.17, 15) is 22.8 Å². The predicted octanol–water partition coefficient (Wildman–Crippen LogP) is 4.16. The summed E-state index contributed by atoms with van der Waals surface area (Å²) in [6.07, 6.45) is -0.823. The number of esters is 1. The molecule has 1 aromatic carbocycles. The van der Waals surface area contributed by atoms with E-state index in [1.54, 1.807) is 0 Å². The quantitative estimate of drug-likeness (QED) is 0.836. The van der Waals surface area contributed by atoms with Crippen molar-refractivity contribution < 1.29 is 27.5 Å². The molecule has 4 nitrogen and oxygen atoms in total. The highest BCUT2D eigenvalue weighted by molar-refractivity contribution is 5.95. The van der Waals surface area contributed by atoms with E-state index in [0.29, 0.717) is 0 Å². The van der Waals surface area contributed by atoms with Gasteiger partial charge in [0.05, 0.1) is 11.5 Å². The minimum Gasteiger partial charge on any atom is -0.452 e. The Morgan fingerprint density at radius 2 is 1.71 bits per heavy atom. The first kappa shape index (κ1) is 18.3. The third kappa shape index (κ3) is 4.97. The smallest absolute Gasteiger partial charge is 0.416 e. The van der Waals surface area contributed by atoms with Crippen molar-refractivity contribution in [3.05, 3.63) is 29.8 Å². The SMILES string of the molecule is CC(OC(=O)C1CCCCC1)C(=O)Nc1ccc(C(F)(F)F)cc1. The molecule has 1 atom stereocenters. The summed E-state index contributed by atoms with van der Waals surface area (Å²) in [5.41, 5.74) is -0.578. The molecule has 1 amide bonds. The van der Waals surface area contributed by atoms with Gasteiger partial charge in [0.1, 0.15) is 0 Å². The van der Waals surface area contributed by atoms with E-state index >= 15 is 0 Å². The molecular weight excluding hydrogens is 323 g/mol. The number of anilines is 1. The number of halogens is 3. The van der Waals surface area contributed by atoms with Crippen LogP contribution in [-0.2, 0) is 20.5 Å². The zero-order valence-electron chi connectivity index (χ0n) is 13.4. The lowest BCUT2D eigenvalue weighted by Crippen LogP contribution is -2.32. The molecule has 0 heterocycles. The number of hydrogen-bond acceptors (Lipinski definition) is 3. The van der Waals surface area contributed by atoms with Crippen LogP contribution in [0.2, 0.25) is 0 Å².